The van der Waals surface area contributed by atoms with E-state index in [1.165, 1.54) is 12.8 Å². The Hall–Kier alpha value is -1.06. The lowest BCUT2D eigenvalue weighted by Crippen LogP contribution is -2.30. The minimum absolute atomic E-state index is 0.114. The highest BCUT2D eigenvalue weighted by atomic mass is 16.5. The monoisotopic (exact) mass is 368 g/mol. The molecule has 152 valence electrons. The van der Waals surface area contributed by atoms with Crippen LogP contribution >= 0.6 is 0 Å². The number of hydrogen-bond acceptors (Lipinski definition) is 4. The molecule has 1 rings (SSSR count). The van der Waals surface area contributed by atoms with Crippen LogP contribution in [0.25, 0.3) is 0 Å². The number of carbonyl (C=O) groups is 2. The maximum absolute atomic E-state index is 12.4. The van der Waals surface area contributed by atoms with Crippen LogP contribution in [0.4, 0.5) is 0 Å². The van der Waals surface area contributed by atoms with Gasteiger partial charge in [0.1, 0.15) is 0 Å². The Morgan fingerprint density at radius 3 is 2.19 bits per heavy atom. The van der Waals surface area contributed by atoms with Crippen LogP contribution < -0.4 is 0 Å². The molecule has 0 saturated heterocycles. The molecule has 0 amide bonds. The van der Waals surface area contributed by atoms with Crippen molar-refractivity contribution >= 4 is 11.9 Å². The van der Waals surface area contributed by atoms with Gasteiger partial charge in [0.15, 0.2) is 0 Å². The Labute approximate surface area is 160 Å². The molecule has 1 aliphatic carbocycles. The van der Waals surface area contributed by atoms with Crippen molar-refractivity contribution < 1.29 is 19.1 Å². The smallest absolute Gasteiger partial charge is 0.308 e. The van der Waals surface area contributed by atoms with Crippen molar-refractivity contribution in [2.24, 2.45) is 23.7 Å². The normalized spacial score (nSPS) is 21.4. The maximum atomic E-state index is 12.4. The van der Waals surface area contributed by atoms with Crippen LogP contribution in [0.15, 0.2) is 0 Å². The molecule has 1 fully saturated rings. The summed E-state index contributed by atoms with van der Waals surface area (Å²) in [5.74, 6) is 0.581. The first-order chi connectivity index (χ1) is 12.5. The molecule has 26 heavy (non-hydrogen) atoms. The quantitative estimate of drug-likeness (QED) is 0.335. The van der Waals surface area contributed by atoms with Gasteiger partial charge in [0.2, 0.25) is 0 Å². The van der Waals surface area contributed by atoms with Gasteiger partial charge in [0.25, 0.3) is 0 Å². The maximum Gasteiger partial charge on any atom is 0.308 e. The van der Waals surface area contributed by atoms with Crippen molar-refractivity contribution in [2.75, 3.05) is 13.2 Å². The van der Waals surface area contributed by atoms with E-state index in [4.69, 9.17) is 9.47 Å². The van der Waals surface area contributed by atoms with Crippen LogP contribution in [-0.2, 0) is 19.1 Å². The Balaban J connectivity index is 2.34. The van der Waals surface area contributed by atoms with E-state index in [1.54, 1.807) is 0 Å². The first kappa shape index (κ1) is 23.0. The molecule has 0 radical (unpaired) electrons. The van der Waals surface area contributed by atoms with Crippen LogP contribution in [0.2, 0.25) is 0 Å². The van der Waals surface area contributed by atoms with Crippen molar-refractivity contribution in [1.82, 2.24) is 0 Å². The van der Waals surface area contributed by atoms with Crippen molar-refractivity contribution in [3.63, 3.8) is 0 Å². The summed E-state index contributed by atoms with van der Waals surface area (Å²) < 4.78 is 11.0. The predicted octanol–water partition coefficient (Wildman–Crippen LogP) is 5.53. The SMILES string of the molecule is CCCCC(CC)COC(=O)C1CCCC(C(=O)OCCCC(C)C)C1. The van der Waals surface area contributed by atoms with Gasteiger partial charge in [0.05, 0.1) is 25.0 Å². The molecular formula is C22H40O4. The fourth-order valence-corrected chi connectivity index (χ4v) is 3.62. The topological polar surface area (TPSA) is 52.6 Å². The molecule has 4 heteroatoms. The second-order valence-corrected chi connectivity index (χ2v) is 8.31. The second kappa shape index (κ2) is 13.2. The van der Waals surface area contributed by atoms with Crippen LogP contribution in [0.5, 0.6) is 0 Å². The van der Waals surface area contributed by atoms with E-state index in [2.05, 4.69) is 27.7 Å². The van der Waals surface area contributed by atoms with Crippen molar-refractivity contribution in [2.45, 2.75) is 91.9 Å². The highest BCUT2D eigenvalue weighted by Crippen LogP contribution is 2.31. The van der Waals surface area contributed by atoms with Crippen molar-refractivity contribution in [3.8, 4) is 0 Å². The summed E-state index contributed by atoms with van der Waals surface area (Å²) in [6, 6.07) is 0. The Morgan fingerprint density at radius 2 is 1.62 bits per heavy atom. The van der Waals surface area contributed by atoms with Gasteiger partial charge < -0.3 is 9.47 Å². The average molecular weight is 369 g/mol. The molecule has 0 spiro atoms. The zero-order valence-corrected chi connectivity index (χ0v) is 17.4. The van der Waals surface area contributed by atoms with Gasteiger partial charge in [-0.1, -0.05) is 53.4 Å². The molecule has 0 bridgehead atoms. The third-order valence-corrected chi connectivity index (χ3v) is 5.52. The van der Waals surface area contributed by atoms with Crippen molar-refractivity contribution in [3.05, 3.63) is 0 Å². The Bertz CT molecular complexity index is 405. The molecule has 4 nitrogen and oxygen atoms in total. The van der Waals surface area contributed by atoms with E-state index in [0.717, 1.165) is 44.9 Å². The minimum atomic E-state index is -0.138. The van der Waals surface area contributed by atoms with Gasteiger partial charge in [0, 0.05) is 0 Å². The summed E-state index contributed by atoms with van der Waals surface area (Å²) in [6.45, 7) is 9.70. The number of ether oxygens (including phenoxy) is 2. The Morgan fingerprint density at radius 1 is 0.962 bits per heavy atom. The molecule has 1 aliphatic rings. The standard InChI is InChI=1S/C22H40O4/c1-5-7-11-18(6-2)16-26-22(24)20-13-8-12-19(15-20)21(23)25-14-9-10-17(3)4/h17-20H,5-16H2,1-4H3. The minimum Gasteiger partial charge on any atom is -0.465 e. The van der Waals surface area contributed by atoms with E-state index in [1.807, 2.05) is 0 Å². The van der Waals surface area contributed by atoms with E-state index in [0.29, 0.717) is 31.5 Å². The molecule has 0 aromatic carbocycles. The molecule has 0 heterocycles. The van der Waals surface area contributed by atoms with Crippen LogP contribution in [0, 0.1) is 23.7 Å². The van der Waals surface area contributed by atoms with E-state index in [9.17, 15) is 9.59 Å². The lowest BCUT2D eigenvalue weighted by molar-refractivity contribution is -0.156. The number of carbonyl (C=O) groups excluding carboxylic acids is 2. The lowest BCUT2D eigenvalue weighted by Gasteiger charge is -2.27. The van der Waals surface area contributed by atoms with Crippen LogP contribution in [0.3, 0.4) is 0 Å². The van der Waals surface area contributed by atoms with Crippen molar-refractivity contribution in [1.29, 1.82) is 0 Å². The van der Waals surface area contributed by atoms with Gasteiger partial charge >= 0.3 is 11.9 Å². The second-order valence-electron chi connectivity index (χ2n) is 8.31. The third-order valence-electron chi connectivity index (χ3n) is 5.52. The predicted molar refractivity (Wildman–Crippen MR) is 105 cm³/mol. The molecular weight excluding hydrogens is 328 g/mol. The van der Waals surface area contributed by atoms with Gasteiger partial charge in [-0.15, -0.1) is 0 Å². The Kier molecular flexibility index (Phi) is 11.6. The molecule has 0 aromatic heterocycles. The first-order valence-corrected chi connectivity index (χ1v) is 10.8. The highest BCUT2D eigenvalue weighted by molar-refractivity contribution is 5.76. The summed E-state index contributed by atoms with van der Waals surface area (Å²) in [6.07, 6.45) is 9.67. The molecule has 1 saturated carbocycles. The fraction of sp³-hybridized carbons (Fsp3) is 0.909. The summed E-state index contributed by atoms with van der Waals surface area (Å²) >= 11 is 0. The van der Waals surface area contributed by atoms with E-state index in [-0.39, 0.29) is 23.8 Å². The number of hydrogen-bond donors (Lipinski definition) is 0. The molecule has 0 aromatic rings. The van der Waals surface area contributed by atoms with Gasteiger partial charge in [-0.05, 0) is 50.4 Å². The van der Waals surface area contributed by atoms with Crippen LogP contribution in [0.1, 0.15) is 91.9 Å². The van der Waals surface area contributed by atoms with E-state index >= 15 is 0 Å². The summed E-state index contributed by atoms with van der Waals surface area (Å²) in [4.78, 5) is 24.7. The van der Waals surface area contributed by atoms with Gasteiger partial charge in [-0.3, -0.25) is 9.59 Å². The summed E-state index contributed by atoms with van der Waals surface area (Å²) in [5.41, 5.74) is 0. The zero-order valence-electron chi connectivity index (χ0n) is 17.4. The number of unbranched alkanes of at least 4 members (excludes halogenated alkanes) is 1. The van der Waals surface area contributed by atoms with Gasteiger partial charge in [-0.2, -0.15) is 0 Å². The zero-order chi connectivity index (χ0) is 19.4. The molecule has 3 unspecified atom stereocenters. The first-order valence-electron chi connectivity index (χ1n) is 10.8. The fourth-order valence-electron chi connectivity index (χ4n) is 3.62. The molecule has 0 aliphatic heterocycles. The number of rotatable bonds is 12. The highest BCUT2D eigenvalue weighted by Gasteiger charge is 2.33. The van der Waals surface area contributed by atoms with E-state index < -0.39 is 0 Å². The van der Waals surface area contributed by atoms with Crippen LogP contribution in [-0.4, -0.2) is 25.2 Å². The summed E-state index contributed by atoms with van der Waals surface area (Å²) in [5, 5.41) is 0. The van der Waals surface area contributed by atoms with Gasteiger partial charge in [-0.25, -0.2) is 0 Å². The summed E-state index contributed by atoms with van der Waals surface area (Å²) in [7, 11) is 0. The average Bonchev–Trinajstić information content (AvgIpc) is 2.65. The largest absolute Gasteiger partial charge is 0.465 e. The third kappa shape index (κ3) is 9.05. The molecule has 3 atom stereocenters. The lowest BCUT2D eigenvalue weighted by atomic mass is 9.81. The number of esters is 2. The molecule has 0 N–H and O–H groups in total.